The molecule has 1 atom stereocenters. The molecule has 3 heterocycles. The lowest BCUT2D eigenvalue weighted by Gasteiger charge is -2.37. The van der Waals surface area contributed by atoms with E-state index >= 15 is 0 Å². The third kappa shape index (κ3) is 3.81. The molecule has 0 radical (unpaired) electrons. The predicted octanol–water partition coefficient (Wildman–Crippen LogP) is 5.64. The number of para-hydroxylation sites is 1. The maximum absolute atomic E-state index is 5.84. The molecule has 6 rings (SSSR count). The van der Waals surface area contributed by atoms with Crippen LogP contribution in [0.25, 0.3) is 17.0 Å². The predicted molar refractivity (Wildman–Crippen MR) is 137 cm³/mol. The zero-order chi connectivity index (χ0) is 23.9. The molecule has 174 valence electrons. The van der Waals surface area contributed by atoms with Crippen molar-refractivity contribution in [2.75, 3.05) is 11.7 Å². The summed E-state index contributed by atoms with van der Waals surface area (Å²) in [5, 5.41) is 8.39. The fourth-order valence-electron chi connectivity index (χ4n) is 4.40. The Morgan fingerprint density at radius 2 is 1.71 bits per heavy atom. The number of hydrogen-bond donors (Lipinski definition) is 1. The number of nitrogens with zero attached hydrogens (tertiary/aromatic N) is 3. The number of hydrogen-bond acceptors (Lipinski definition) is 6. The minimum Gasteiger partial charge on any atom is -0.454 e. The van der Waals surface area contributed by atoms with E-state index in [1.54, 1.807) is 0 Å². The molecule has 0 saturated carbocycles. The Hall–Kier alpha value is -4.17. The summed E-state index contributed by atoms with van der Waals surface area (Å²) in [4.78, 5) is 6.78. The van der Waals surface area contributed by atoms with Crippen LogP contribution in [0.1, 0.15) is 30.0 Å². The molecule has 2 aliphatic rings. The van der Waals surface area contributed by atoms with Crippen molar-refractivity contribution in [2.45, 2.75) is 19.9 Å². The Morgan fingerprint density at radius 1 is 0.943 bits per heavy atom. The highest BCUT2D eigenvalue weighted by atomic mass is 32.1. The molecule has 1 aromatic heterocycles. The van der Waals surface area contributed by atoms with E-state index in [2.05, 4.69) is 41.7 Å². The van der Waals surface area contributed by atoms with E-state index in [4.69, 9.17) is 31.2 Å². The Balaban J connectivity index is 1.47. The van der Waals surface area contributed by atoms with Crippen LogP contribution in [0.2, 0.25) is 0 Å². The molecule has 0 aliphatic carbocycles. The van der Waals surface area contributed by atoms with Crippen molar-refractivity contribution in [3.63, 3.8) is 0 Å². The van der Waals surface area contributed by atoms with E-state index in [1.165, 1.54) is 5.56 Å². The minimum atomic E-state index is -0.242. The second kappa shape index (κ2) is 8.56. The number of ether oxygens (including phenoxy) is 2. The molecule has 1 unspecified atom stereocenters. The fraction of sp³-hybridized carbons (Fsp3) is 0.148. The largest absolute Gasteiger partial charge is 0.454 e. The topological polar surface area (TPSA) is 72.6 Å². The number of anilines is 1. The van der Waals surface area contributed by atoms with Crippen LogP contribution in [0.15, 0.2) is 83.0 Å². The SMILES string of the molecule is CC1=C(c2nc(-c3ccc4c(c3)OCO4)no2)C(c2ccc(C)cc2)NC(=S)N1c1ccccc1. The van der Waals surface area contributed by atoms with Crippen molar-refractivity contribution in [1.82, 2.24) is 15.5 Å². The average Bonchev–Trinajstić information content (AvgIpc) is 3.54. The summed E-state index contributed by atoms with van der Waals surface area (Å²) >= 11 is 5.81. The van der Waals surface area contributed by atoms with Crippen molar-refractivity contribution < 1.29 is 14.0 Å². The lowest BCUT2D eigenvalue weighted by Crippen LogP contribution is -2.46. The number of benzene rings is 3. The van der Waals surface area contributed by atoms with Gasteiger partial charge in [0.15, 0.2) is 16.6 Å². The van der Waals surface area contributed by atoms with Crippen LogP contribution in [-0.2, 0) is 0 Å². The molecule has 0 bridgehead atoms. The van der Waals surface area contributed by atoms with Gasteiger partial charge in [-0.1, -0.05) is 53.2 Å². The normalized spacial score (nSPS) is 17.0. The first-order valence-electron chi connectivity index (χ1n) is 11.3. The molecular formula is C27H22N4O3S. The van der Waals surface area contributed by atoms with Crippen LogP contribution < -0.4 is 19.7 Å². The summed E-state index contributed by atoms with van der Waals surface area (Å²) in [7, 11) is 0. The highest BCUT2D eigenvalue weighted by molar-refractivity contribution is 7.80. The maximum Gasteiger partial charge on any atom is 0.258 e. The molecule has 0 fully saturated rings. The average molecular weight is 483 g/mol. The number of rotatable bonds is 4. The van der Waals surface area contributed by atoms with Crippen molar-refractivity contribution in [3.05, 3.63) is 95.5 Å². The summed E-state index contributed by atoms with van der Waals surface area (Å²) in [6, 6.07) is 23.7. The standard InChI is InChI=1S/C27H22N4O3S/c1-16-8-10-18(11-9-16)24-23(17(2)31(27(35)28-24)20-6-4-3-5-7-20)26-29-25(30-34-26)19-12-13-21-22(14-19)33-15-32-21/h3-14,24H,15H2,1-2H3,(H,28,35). The van der Waals surface area contributed by atoms with E-state index in [0.717, 1.165) is 28.1 Å². The van der Waals surface area contributed by atoms with Gasteiger partial charge in [0, 0.05) is 16.9 Å². The first-order chi connectivity index (χ1) is 17.1. The van der Waals surface area contributed by atoms with Gasteiger partial charge in [-0.25, -0.2) is 0 Å². The number of thiocarbonyl (C=S) groups is 1. The molecule has 7 nitrogen and oxygen atoms in total. The van der Waals surface area contributed by atoms with Gasteiger partial charge in [0.05, 0.1) is 11.6 Å². The van der Waals surface area contributed by atoms with Gasteiger partial charge in [0.25, 0.3) is 5.89 Å². The Morgan fingerprint density at radius 3 is 2.51 bits per heavy atom. The van der Waals surface area contributed by atoms with Gasteiger partial charge in [0.1, 0.15) is 0 Å². The quantitative estimate of drug-likeness (QED) is 0.375. The van der Waals surface area contributed by atoms with Crippen molar-refractivity contribution in [3.8, 4) is 22.9 Å². The molecule has 0 saturated heterocycles. The van der Waals surface area contributed by atoms with E-state index in [9.17, 15) is 0 Å². The fourth-order valence-corrected chi connectivity index (χ4v) is 4.76. The Bertz CT molecular complexity index is 1450. The smallest absolute Gasteiger partial charge is 0.258 e. The monoisotopic (exact) mass is 482 g/mol. The number of aromatic nitrogens is 2. The molecule has 1 N–H and O–H groups in total. The molecule has 3 aromatic carbocycles. The molecule has 0 spiro atoms. The molecule has 0 amide bonds. The van der Waals surface area contributed by atoms with Gasteiger partial charge >= 0.3 is 0 Å². The Labute approximate surface area is 208 Å². The zero-order valence-electron chi connectivity index (χ0n) is 19.2. The van der Waals surface area contributed by atoms with Crippen molar-refractivity contribution >= 4 is 28.6 Å². The second-order valence-corrected chi connectivity index (χ2v) is 8.84. The third-order valence-electron chi connectivity index (χ3n) is 6.20. The third-order valence-corrected chi connectivity index (χ3v) is 6.50. The summed E-state index contributed by atoms with van der Waals surface area (Å²) < 4.78 is 16.8. The highest BCUT2D eigenvalue weighted by Gasteiger charge is 2.34. The van der Waals surface area contributed by atoms with Crippen LogP contribution in [0, 0.1) is 6.92 Å². The molecular weight excluding hydrogens is 460 g/mol. The van der Waals surface area contributed by atoms with E-state index in [-0.39, 0.29) is 12.8 Å². The maximum atomic E-state index is 5.84. The first kappa shape index (κ1) is 21.4. The van der Waals surface area contributed by atoms with E-state index < -0.39 is 0 Å². The van der Waals surface area contributed by atoms with Crippen LogP contribution in [0.4, 0.5) is 5.69 Å². The van der Waals surface area contributed by atoms with Gasteiger partial charge in [-0.05, 0) is 62.0 Å². The van der Waals surface area contributed by atoms with Crippen LogP contribution >= 0.6 is 12.2 Å². The van der Waals surface area contributed by atoms with E-state index in [1.807, 2.05) is 60.4 Å². The molecule has 8 heteroatoms. The van der Waals surface area contributed by atoms with Gasteiger partial charge in [-0.2, -0.15) is 4.98 Å². The number of fused-ring (bicyclic) bond motifs is 1. The van der Waals surface area contributed by atoms with Gasteiger partial charge in [-0.3, -0.25) is 4.90 Å². The highest BCUT2D eigenvalue weighted by Crippen LogP contribution is 2.40. The van der Waals surface area contributed by atoms with Crippen LogP contribution in [0.5, 0.6) is 11.5 Å². The lowest BCUT2D eigenvalue weighted by atomic mass is 9.94. The lowest BCUT2D eigenvalue weighted by molar-refractivity contribution is 0.174. The first-order valence-corrected chi connectivity index (χ1v) is 11.7. The molecule has 35 heavy (non-hydrogen) atoms. The van der Waals surface area contributed by atoms with Crippen molar-refractivity contribution in [1.29, 1.82) is 0 Å². The Kier molecular flexibility index (Phi) is 5.22. The number of allylic oxidation sites excluding steroid dienone is 1. The van der Waals surface area contributed by atoms with Crippen LogP contribution in [-0.4, -0.2) is 22.0 Å². The second-order valence-electron chi connectivity index (χ2n) is 8.45. The minimum absolute atomic E-state index is 0.210. The summed E-state index contributed by atoms with van der Waals surface area (Å²) in [6.45, 7) is 4.31. The summed E-state index contributed by atoms with van der Waals surface area (Å²) in [5.74, 6) is 2.28. The van der Waals surface area contributed by atoms with Gasteiger partial charge in [0.2, 0.25) is 12.6 Å². The zero-order valence-corrected chi connectivity index (χ0v) is 20.0. The van der Waals surface area contributed by atoms with Crippen LogP contribution in [0.3, 0.4) is 0 Å². The van der Waals surface area contributed by atoms with Crippen molar-refractivity contribution in [2.24, 2.45) is 0 Å². The van der Waals surface area contributed by atoms with Gasteiger partial charge < -0.3 is 19.3 Å². The summed E-state index contributed by atoms with van der Waals surface area (Å²) in [6.07, 6.45) is 0. The number of nitrogens with one attached hydrogen (secondary N) is 1. The molecule has 4 aromatic rings. The summed E-state index contributed by atoms with van der Waals surface area (Å²) in [5.41, 5.74) is 5.77. The molecule has 2 aliphatic heterocycles. The van der Waals surface area contributed by atoms with E-state index in [0.29, 0.717) is 28.3 Å². The van der Waals surface area contributed by atoms with Gasteiger partial charge in [-0.15, -0.1) is 0 Å². The number of aryl methyl sites for hydroxylation is 1.